The first kappa shape index (κ1) is 11.9. The average molecular weight is 228 g/mol. The van der Waals surface area contributed by atoms with Crippen LogP contribution >= 0.6 is 11.6 Å². The van der Waals surface area contributed by atoms with Gasteiger partial charge in [0.2, 0.25) is 5.91 Å². The number of alkyl halides is 1. The molecular weight excluding hydrogens is 214 g/mol. The van der Waals surface area contributed by atoms with Gasteiger partial charge >= 0.3 is 0 Å². The minimum absolute atomic E-state index is 0.00948. The lowest BCUT2D eigenvalue weighted by atomic mass is 10.2. The highest BCUT2D eigenvalue weighted by Crippen LogP contribution is 2.11. The van der Waals surface area contributed by atoms with Gasteiger partial charge in [0.25, 0.3) is 0 Å². The SMILES string of the molecule is Cc1cccc(OCCNC(=O)CCl)c1. The van der Waals surface area contributed by atoms with Crippen molar-refractivity contribution in [3.05, 3.63) is 29.8 Å². The summed E-state index contributed by atoms with van der Waals surface area (Å²) in [6.07, 6.45) is 0. The van der Waals surface area contributed by atoms with Crippen LogP contribution in [-0.4, -0.2) is 24.9 Å². The number of hydrogen-bond acceptors (Lipinski definition) is 2. The van der Waals surface area contributed by atoms with Crippen molar-refractivity contribution in [2.75, 3.05) is 19.0 Å². The summed E-state index contributed by atoms with van der Waals surface area (Å²) >= 11 is 5.32. The summed E-state index contributed by atoms with van der Waals surface area (Å²) in [7, 11) is 0. The lowest BCUT2D eigenvalue weighted by Crippen LogP contribution is -2.28. The summed E-state index contributed by atoms with van der Waals surface area (Å²) in [5.41, 5.74) is 1.15. The number of carbonyl (C=O) groups excluding carboxylic acids is 1. The third kappa shape index (κ3) is 4.70. The predicted molar refractivity (Wildman–Crippen MR) is 60.4 cm³/mol. The van der Waals surface area contributed by atoms with Gasteiger partial charge in [-0.15, -0.1) is 11.6 Å². The standard InChI is InChI=1S/C11H14ClNO2/c1-9-3-2-4-10(7-9)15-6-5-13-11(14)8-12/h2-4,7H,5-6,8H2,1H3,(H,13,14). The number of carbonyl (C=O) groups is 1. The van der Waals surface area contributed by atoms with E-state index in [2.05, 4.69) is 5.32 Å². The Hall–Kier alpha value is -1.22. The number of halogens is 1. The van der Waals surface area contributed by atoms with Crippen LogP contribution in [-0.2, 0) is 4.79 Å². The van der Waals surface area contributed by atoms with Gasteiger partial charge in [0, 0.05) is 0 Å². The largest absolute Gasteiger partial charge is 0.492 e. The van der Waals surface area contributed by atoms with Crippen molar-refractivity contribution in [3.63, 3.8) is 0 Å². The van der Waals surface area contributed by atoms with Crippen molar-refractivity contribution in [2.24, 2.45) is 0 Å². The number of ether oxygens (including phenoxy) is 1. The third-order valence-electron chi connectivity index (χ3n) is 1.80. The number of rotatable bonds is 5. The Balaban J connectivity index is 2.23. The van der Waals surface area contributed by atoms with E-state index in [-0.39, 0.29) is 11.8 Å². The van der Waals surface area contributed by atoms with E-state index in [4.69, 9.17) is 16.3 Å². The zero-order valence-electron chi connectivity index (χ0n) is 8.63. The molecule has 1 amide bonds. The van der Waals surface area contributed by atoms with E-state index in [0.717, 1.165) is 11.3 Å². The molecule has 1 aromatic rings. The maximum Gasteiger partial charge on any atom is 0.235 e. The zero-order chi connectivity index (χ0) is 11.1. The van der Waals surface area contributed by atoms with Crippen molar-refractivity contribution >= 4 is 17.5 Å². The molecule has 0 atom stereocenters. The first-order valence-corrected chi connectivity index (χ1v) is 5.28. The third-order valence-corrected chi connectivity index (χ3v) is 2.05. The van der Waals surface area contributed by atoms with Crippen LogP contribution in [0.15, 0.2) is 24.3 Å². The molecule has 1 aromatic carbocycles. The van der Waals surface area contributed by atoms with E-state index >= 15 is 0 Å². The molecule has 1 rings (SSSR count). The molecule has 0 bridgehead atoms. The number of nitrogens with one attached hydrogen (secondary N) is 1. The van der Waals surface area contributed by atoms with Crippen molar-refractivity contribution in [1.29, 1.82) is 0 Å². The molecule has 0 aliphatic carbocycles. The number of aryl methyl sites for hydroxylation is 1. The van der Waals surface area contributed by atoms with Gasteiger partial charge in [-0.3, -0.25) is 4.79 Å². The number of benzene rings is 1. The van der Waals surface area contributed by atoms with Gasteiger partial charge in [-0.25, -0.2) is 0 Å². The summed E-state index contributed by atoms with van der Waals surface area (Å²) in [5.74, 6) is 0.629. The molecule has 82 valence electrons. The highest BCUT2D eigenvalue weighted by molar-refractivity contribution is 6.27. The molecule has 0 aromatic heterocycles. The second-order valence-corrected chi connectivity index (χ2v) is 3.42. The van der Waals surface area contributed by atoms with Gasteiger partial charge in [0.1, 0.15) is 18.2 Å². The minimum Gasteiger partial charge on any atom is -0.492 e. The molecule has 0 unspecified atom stereocenters. The predicted octanol–water partition coefficient (Wildman–Crippen LogP) is 1.73. The fourth-order valence-corrected chi connectivity index (χ4v) is 1.21. The molecule has 0 heterocycles. The van der Waals surface area contributed by atoms with Gasteiger partial charge in [-0.1, -0.05) is 12.1 Å². The summed E-state index contributed by atoms with van der Waals surface area (Å²) in [6.45, 7) is 2.92. The molecule has 0 saturated heterocycles. The maximum absolute atomic E-state index is 10.8. The molecular formula is C11H14ClNO2. The van der Waals surface area contributed by atoms with Gasteiger partial charge < -0.3 is 10.1 Å². The molecule has 4 heteroatoms. The van der Waals surface area contributed by atoms with Crippen molar-refractivity contribution < 1.29 is 9.53 Å². The van der Waals surface area contributed by atoms with Crippen LogP contribution < -0.4 is 10.1 Å². The van der Waals surface area contributed by atoms with Crippen LogP contribution in [0.3, 0.4) is 0 Å². The van der Waals surface area contributed by atoms with Crippen LogP contribution in [0, 0.1) is 6.92 Å². The molecule has 1 N–H and O–H groups in total. The first-order chi connectivity index (χ1) is 7.22. The Morgan fingerprint density at radius 3 is 3.00 bits per heavy atom. The monoisotopic (exact) mass is 227 g/mol. The smallest absolute Gasteiger partial charge is 0.235 e. The van der Waals surface area contributed by atoms with E-state index < -0.39 is 0 Å². The van der Waals surface area contributed by atoms with Gasteiger partial charge in [-0.05, 0) is 24.6 Å². The Bertz CT molecular complexity index is 328. The molecule has 3 nitrogen and oxygen atoms in total. The Kier molecular flexibility index (Phi) is 4.98. The molecule has 0 aliphatic rings. The average Bonchev–Trinajstić information content (AvgIpc) is 2.24. The normalized spacial score (nSPS) is 9.73. The second-order valence-electron chi connectivity index (χ2n) is 3.15. The van der Waals surface area contributed by atoms with Gasteiger partial charge in [-0.2, -0.15) is 0 Å². The first-order valence-electron chi connectivity index (χ1n) is 4.74. The van der Waals surface area contributed by atoms with E-state index in [1.165, 1.54) is 0 Å². The highest BCUT2D eigenvalue weighted by Gasteiger charge is 1.97. The Morgan fingerprint density at radius 1 is 1.53 bits per heavy atom. The van der Waals surface area contributed by atoms with E-state index in [9.17, 15) is 4.79 Å². The quantitative estimate of drug-likeness (QED) is 0.615. The van der Waals surface area contributed by atoms with Crippen LogP contribution in [0.25, 0.3) is 0 Å². The number of amides is 1. The van der Waals surface area contributed by atoms with E-state index in [0.29, 0.717) is 13.2 Å². The molecule has 0 spiro atoms. The fraction of sp³-hybridized carbons (Fsp3) is 0.364. The summed E-state index contributed by atoms with van der Waals surface area (Å²) in [5, 5.41) is 2.62. The molecule has 15 heavy (non-hydrogen) atoms. The van der Waals surface area contributed by atoms with E-state index in [1.54, 1.807) is 0 Å². The number of hydrogen-bond donors (Lipinski definition) is 1. The van der Waals surface area contributed by atoms with Crippen LogP contribution in [0.4, 0.5) is 0 Å². The zero-order valence-corrected chi connectivity index (χ0v) is 9.38. The molecule has 0 aliphatic heterocycles. The van der Waals surface area contributed by atoms with Crippen LogP contribution in [0.2, 0.25) is 0 Å². The minimum atomic E-state index is -0.176. The highest BCUT2D eigenvalue weighted by atomic mass is 35.5. The second kappa shape index (κ2) is 6.30. The van der Waals surface area contributed by atoms with Gasteiger partial charge in [0.05, 0.1) is 6.54 Å². The van der Waals surface area contributed by atoms with E-state index in [1.807, 2.05) is 31.2 Å². The molecule has 0 radical (unpaired) electrons. The van der Waals surface area contributed by atoms with Crippen molar-refractivity contribution in [2.45, 2.75) is 6.92 Å². The summed E-state index contributed by atoms with van der Waals surface area (Å²) < 4.78 is 5.42. The Labute approximate surface area is 94.4 Å². The maximum atomic E-state index is 10.8. The lowest BCUT2D eigenvalue weighted by Gasteiger charge is -2.07. The summed E-state index contributed by atoms with van der Waals surface area (Å²) in [4.78, 5) is 10.8. The van der Waals surface area contributed by atoms with Crippen molar-refractivity contribution in [3.8, 4) is 5.75 Å². The Morgan fingerprint density at radius 2 is 2.33 bits per heavy atom. The molecule has 0 saturated carbocycles. The summed E-state index contributed by atoms with van der Waals surface area (Å²) in [6, 6.07) is 7.77. The molecule has 0 fully saturated rings. The van der Waals surface area contributed by atoms with Crippen LogP contribution in [0.5, 0.6) is 5.75 Å². The fourth-order valence-electron chi connectivity index (χ4n) is 1.11. The van der Waals surface area contributed by atoms with Crippen LogP contribution in [0.1, 0.15) is 5.56 Å². The topological polar surface area (TPSA) is 38.3 Å². The lowest BCUT2D eigenvalue weighted by molar-refractivity contribution is -0.118. The van der Waals surface area contributed by atoms with Gasteiger partial charge in [0.15, 0.2) is 0 Å². The van der Waals surface area contributed by atoms with Crippen molar-refractivity contribution in [1.82, 2.24) is 5.32 Å².